The molecule has 7 heteroatoms. The molecule has 0 bridgehead atoms. The topological polar surface area (TPSA) is 104 Å². The monoisotopic (exact) mass is 518 g/mol. The van der Waals surface area contributed by atoms with Crippen molar-refractivity contribution in [3.8, 4) is 11.4 Å². The largest absolute Gasteiger partial charge is 0.396 e. The molecule has 1 atom stereocenters. The minimum Gasteiger partial charge on any atom is -0.396 e. The third-order valence-corrected chi connectivity index (χ3v) is 6.85. The smallest absolute Gasteiger partial charge is 0.192 e. The van der Waals surface area contributed by atoms with Crippen molar-refractivity contribution >= 4 is 34.4 Å². The molecule has 2 aromatic heterocycles. The number of para-hydroxylation sites is 2. The lowest BCUT2D eigenvalue weighted by atomic mass is 9.79. The predicted octanol–water partition coefficient (Wildman–Crippen LogP) is 6.73. The van der Waals surface area contributed by atoms with Gasteiger partial charge >= 0.3 is 0 Å². The normalized spacial score (nSPS) is 13.4. The first-order valence-electron chi connectivity index (χ1n) is 13.2. The molecule has 196 valence electrons. The highest BCUT2D eigenvalue weighted by molar-refractivity contribution is 6.29. The number of ketones is 2. The van der Waals surface area contributed by atoms with Gasteiger partial charge in [-0.3, -0.25) is 14.6 Å². The number of aliphatic hydroxyl groups is 1. The number of nitrogens with zero attached hydrogens (tertiary/aromatic N) is 2. The van der Waals surface area contributed by atoms with E-state index in [1.807, 2.05) is 73.7 Å². The second kappa shape index (κ2) is 11.8. The molecule has 3 N–H and O–H groups in total. The summed E-state index contributed by atoms with van der Waals surface area (Å²) in [5, 5.41) is 16.1. The fourth-order valence-electron chi connectivity index (χ4n) is 4.92. The first-order valence-corrected chi connectivity index (χ1v) is 13.2. The van der Waals surface area contributed by atoms with Crippen molar-refractivity contribution < 1.29 is 14.7 Å². The van der Waals surface area contributed by atoms with E-state index in [-0.39, 0.29) is 35.2 Å². The first kappa shape index (κ1) is 26.0. The van der Waals surface area contributed by atoms with Crippen LogP contribution in [0.1, 0.15) is 46.9 Å². The molecule has 1 aliphatic carbocycles. The van der Waals surface area contributed by atoms with Gasteiger partial charge in [0, 0.05) is 29.8 Å². The van der Waals surface area contributed by atoms with E-state index >= 15 is 0 Å². The number of fused-ring (bicyclic) bond motifs is 1. The lowest BCUT2D eigenvalue weighted by molar-refractivity contribution is 0.0973. The number of anilines is 4. The van der Waals surface area contributed by atoms with Crippen LogP contribution < -0.4 is 10.6 Å². The summed E-state index contributed by atoms with van der Waals surface area (Å²) >= 11 is 0. The zero-order chi connectivity index (χ0) is 27.2. The fraction of sp³-hybridized carbons (Fsp3) is 0.188. The second-order valence-corrected chi connectivity index (χ2v) is 9.40. The molecule has 1 unspecified atom stereocenters. The van der Waals surface area contributed by atoms with Gasteiger partial charge in [0.15, 0.2) is 17.4 Å². The summed E-state index contributed by atoms with van der Waals surface area (Å²) in [4.78, 5) is 37.6. The van der Waals surface area contributed by atoms with Gasteiger partial charge in [0.1, 0.15) is 5.69 Å². The minimum absolute atomic E-state index is 0.0307. The highest BCUT2D eigenvalue weighted by Gasteiger charge is 2.36. The highest BCUT2D eigenvalue weighted by Crippen LogP contribution is 2.42. The Balaban J connectivity index is 1.75. The van der Waals surface area contributed by atoms with Crippen molar-refractivity contribution in [2.75, 3.05) is 17.2 Å². The maximum atomic E-state index is 14.2. The Hall–Kier alpha value is -4.62. The SMILES string of the molecule is CCC(CCCO)C1=CC(=O)c2c(Nc3ccccc3)c(Nc3ccccc3)nc(-c3ccccn3)c2C1=O. The Labute approximate surface area is 227 Å². The summed E-state index contributed by atoms with van der Waals surface area (Å²) in [6.45, 7) is 2.02. The Morgan fingerprint density at radius 3 is 2.13 bits per heavy atom. The second-order valence-electron chi connectivity index (χ2n) is 9.40. The van der Waals surface area contributed by atoms with Crippen LogP contribution in [-0.2, 0) is 0 Å². The van der Waals surface area contributed by atoms with E-state index in [0.29, 0.717) is 47.7 Å². The first-order chi connectivity index (χ1) is 19.1. The molecular formula is C32H30N4O3. The minimum atomic E-state index is -0.267. The number of hydrogen-bond donors (Lipinski definition) is 3. The lowest BCUT2D eigenvalue weighted by Gasteiger charge is -2.26. The number of aromatic nitrogens is 2. The average molecular weight is 519 g/mol. The average Bonchev–Trinajstić information content (AvgIpc) is 2.98. The molecule has 39 heavy (non-hydrogen) atoms. The summed E-state index contributed by atoms with van der Waals surface area (Å²) in [6, 6.07) is 24.5. The maximum absolute atomic E-state index is 14.2. The Bertz CT molecular complexity index is 1500. The van der Waals surface area contributed by atoms with Crippen LogP contribution in [0.5, 0.6) is 0 Å². The van der Waals surface area contributed by atoms with Crippen LogP contribution >= 0.6 is 0 Å². The highest BCUT2D eigenvalue weighted by atomic mass is 16.3. The van der Waals surface area contributed by atoms with Crippen LogP contribution in [0.25, 0.3) is 11.4 Å². The molecule has 0 radical (unpaired) electrons. The van der Waals surface area contributed by atoms with Crippen LogP contribution in [0.15, 0.2) is 96.7 Å². The number of carbonyl (C=O) groups excluding carboxylic acids is 2. The van der Waals surface area contributed by atoms with Crippen molar-refractivity contribution in [1.82, 2.24) is 9.97 Å². The molecule has 2 aromatic carbocycles. The Morgan fingerprint density at radius 2 is 1.51 bits per heavy atom. The van der Waals surface area contributed by atoms with Crippen LogP contribution in [0, 0.1) is 5.92 Å². The number of rotatable bonds is 10. The van der Waals surface area contributed by atoms with Gasteiger partial charge in [-0.15, -0.1) is 0 Å². The third-order valence-electron chi connectivity index (χ3n) is 6.85. The molecule has 7 nitrogen and oxygen atoms in total. The molecule has 0 spiro atoms. The zero-order valence-electron chi connectivity index (χ0n) is 21.7. The van der Waals surface area contributed by atoms with Crippen molar-refractivity contribution in [3.63, 3.8) is 0 Å². The number of allylic oxidation sites excluding steroid dienone is 2. The van der Waals surface area contributed by atoms with Gasteiger partial charge in [-0.25, -0.2) is 4.98 Å². The fourth-order valence-corrected chi connectivity index (χ4v) is 4.92. The number of nitrogens with one attached hydrogen (secondary N) is 2. The molecule has 5 rings (SSSR count). The molecule has 0 saturated carbocycles. The van der Waals surface area contributed by atoms with Gasteiger partial charge in [-0.2, -0.15) is 0 Å². The van der Waals surface area contributed by atoms with E-state index in [2.05, 4.69) is 15.6 Å². The molecule has 0 amide bonds. The molecule has 4 aromatic rings. The number of hydrogen-bond acceptors (Lipinski definition) is 7. The van der Waals surface area contributed by atoms with E-state index < -0.39 is 0 Å². The van der Waals surface area contributed by atoms with Crippen LogP contribution in [0.3, 0.4) is 0 Å². The standard InChI is InChI=1S/C32H30N4O3/c1-2-21(12-11-19-37)24-20-26(38)27-28(31(24)39)29(25-17-9-10-18-33-25)36-32(35-23-15-7-4-8-16-23)30(27)34-22-13-5-3-6-14-22/h3-10,13-18,20-21,34,37H,2,11-12,19H2,1H3,(H,35,36). The summed E-state index contributed by atoms with van der Waals surface area (Å²) in [6.07, 6.45) is 4.96. The van der Waals surface area contributed by atoms with Gasteiger partial charge in [-0.05, 0) is 67.7 Å². The number of pyridine rings is 2. The van der Waals surface area contributed by atoms with E-state index in [9.17, 15) is 14.7 Å². The maximum Gasteiger partial charge on any atom is 0.192 e. The van der Waals surface area contributed by atoms with Gasteiger partial charge in [0.25, 0.3) is 0 Å². The summed E-state index contributed by atoms with van der Waals surface area (Å²) < 4.78 is 0. The zero-order valence-corrected chi connectivity index (χ0v) is 21.7. The lowest BCUT2D eigenvalue weighted by Crippen LogP contribution is -2.25. The van der Waals surface area contributed by atoms with Gasteiger partial charge in [-0.1, -0.05) is 49.4 Å². The predicted molar refractivity (Wildman–Crippen MR) is 154 cm³/mol. The van der Waals surface area contributed by atoms with Crippen LogP contribution in [0.2, 0.25) is 0 Å². The number of Topliss-reactive ketones (excluding diaryl/α,β-unsaturated/α-hetero) is 1. The molecule has 0 fully saturated rings. The Morgan fingerprint density at radius 1 is 0.846 bits per heavy atom. The molecule has 0 aliphatic heterocycles. The molecule has 2 heterocycles. The van der Waals surface area contributed by atoms with Crippen LogP contribution in [0.4, 0.5) is 22.9 Å². The summed E-state index contributed by atoms with van der Waals surface area (Å²) in [7, 11) is 0. The summed E-state index contributed by atoms with van der Waals surface area (Å²) in [5.74, 6) is -0.234. The number of benzene rings is 2. The Kier molecular flexibility index (Phi) is 7.89. The van der Waals surface area contributed by atoms with Crippen molar-refractivity contribution in [1.29, 1.82) is 0 Å². The van der Waals surface area contributed by atoms with Crippen LogP contribution in [-0.4, -0.2) is 33.2 Å². The molecular weight excluding hydrogens is 488 g/mol. The van der Waals surface area contributed by atoms with E-state index in [1.165, 1.54) is 6.08 Å². The quantitative estimate of drug-likeness (QED) is 0.214. The third kappa shape index (κ3) is 5.49. The van der Waals surface area contributed by atoms with Crippen molar-refractivity contribution in [2.24, 2.45) is 5.92 Å². The van der Waals surface area contributed by atoms with Crippen molar-refractivity contribution in [2.45, 2.75) is 26.2 Å². The van der Waals surface area contributed by atoms with E-state index in [1.54, 1.807) is 18.3 Å². The van der Waals surface area contributed by atoms with Crippen molar-refractivity contribution in [3.05, 3.63) is 108 Å². The van der Waals surface area contributed by atoms with Gasteiger partial charge in [0.05, 0.1) is 22.5 Å². The molecule has 0 saturated heterocycles. The number of aliphatic hydroxyl groups excluding tert-OH is 1. The van der Waals surface area contributed by atoms with Gasteiger partial charge in [0.2, 0.25) is 0 Å². The van der Waals surface area contributed by atoms with E-state index in [0.717, 1.165) is 11.4 Å². The van der Waals surface area contributed by atoms with Gasteiger partial charge < -0.3 is 15.7 Å². The number of carbonyl (C=O) groups is 2. The van der Waals surface area contributed by atoms with E-state index in [4.69, 9.17) is 4.98 Å². The molecule has 1 aliphatic rings. The summed E-state index contributed by atoms with van der Waals surface area (Å²) in [5.41, 5.74) is 3.79.